The molecule has 2 fully saturated rings. The molecule has 2 saturated heterocycles. The van der Waals surface area contributed by atoms with Crippen LogP contribution in [0.4, 0.5) is 4.39 Å². The lowest BCUT2D eigenvalue weighted by molar-refractivity contribution is -0.121. The Kier molecular flexibility index (Phi) is 6.45. The number of rotatable bonds is 6. The number of hydrogen-bond acceptors (Lipinski definition) is 6. The Labute approximate surface area is 163 Å². The van der Waals surface area contributed by atoms with Crippen molar-refractivity contribution in [2.24, 2.45) is 0 Å². The molecule has 0 bridgehead atoms. The first-order valence-corrected chi connectivity index (χ1v) is 11.7. The molecule has 0 spiro atoms. The molecule has 0 aromatic heterocycles. The third kappa shape index (κ3) is 4.47. The molecule has 2 heterocycles. The highest BCUT2D eigenvalue weighted by Gasteiger charge is 2.41. The van der Waals surface area contributed by atoms with Crippen molar-refractivity contribution < 1.29 is 22.3 Å². The zero-order valence-electron chi connectivity index (χ0n) is 15.3. The van der Waals surface area contributed by atoms with Gasteiger partial charge in [0.1, 0.15) is 11.1 Å². The van der Waals surface area contributed by atoms with Gasteiger partial charge in [0.25, 0.3) is 0 Å². The third-order valence-electron chi connectivity index (χ3n) is 5.33. The van der Waals surface area contributed by atoms with E-state index >= 15 is 0 Å². The van der Waals surface area contributed by atoms with E-state index in [1.165, 1.54) is 19.1 Å². The number of nitrogens with one attached hydrogen (secondary N) is 1. The zero-order valence-corrected chi connectivity index (χ0v) is 17.0. The van der Waals surface area contributed by atoms with Crippen molar-refractivity contribution in [1.82, 2.24) is 10.2 Å². The second kappa shape index (κ2) is 8.46. The number of halogens is 1. The minimum Gasteiger partial charge on any atom is -0.379 e. The van der Waals surface area contributed by atoms with E-state index in [1.807, 2.05) is 11.8 Å². The standard InChI is InChI=1S/C18H25FN2O4S2/c1-14(27(23,24)16-4-2-15(19)3-5-16)17(22)20-12-18(6-11-26-13-18)21-7-9-25-10-8-21/h2-5,14H,6-13H2,1H3,(H,20,22). The van der Waals surface area contributed by atoms with Gasteiger partial charge in [0, 0.05) is 30.9 Å². The summed E-state index contributed by atoms with van der Waals surface area (Å²) in [5.74, 6) is 0.893. The van der Waals surface area contributed by atoms with Gasteiger partial charge in [-0.3, -0.25) is 9.69 Å². The van der Waals surface area contributed by atoms with E-state index < -0.39 is 26.8 Å². The lowest BCUT2D eigenvalue weighted by Gasteiger charge is -2.43. The van der Waals surface area contributed by atoms with Crippen molar-refractivity contribution in [1.29, 1.82) is 0 Å². The number of benzene rings is 1. The maximum absolute atomic E-state index is 13.1. The van der Waals surface area contributed by atoms with Gasteiger partial charge in [-0.25, -0.2) is 12.8 Å². The normalized spacial score (nSPS) is 25.3. The van der Waals surface area contributed by atoms with Crippen LogP contribution in [0.5, 0.6) is 0 Å². The largest absolute Gasteiger partial charge is 0.379 e. The summed E-state index contributed by atoms with van der Waals surface area (Å²) in [6, 6.07) is 4.55. The fraction of sp³-hybridized carbons (Fsp3) is 0.611. The van der Waals surface area contributed by atoms with Gasteiger partial charge in [0.15, 0.2) is 9.84 Å². The summed E-state index contributed by atoms with van der Waals surface area (Å²) in [4.78, 5) is 14.9. The lowest BCUT2D eigenvalue weighted by Crippen LogP contribution is -2.59. The van der Waals surface area contributed by atoms with Gasteiger partial charge in [-0.2, -0.15) is 11.8 Å². The van der Waals surface area contributed by atoms with Crippen LogP contribution in [-0.4, -0.2) is 74.4 Å². The maximum Gasteiger partial charge on any atom is 0.238 e. The van der Waals surface area contributed by atoms with E-state index in [2.05, 4.69) is 10.2 Å². The van der Waals surface area contributed by atoms with Gasteiger partial charge in [-0.1, -0.05) is 0 Å². The number of morpholine rings is 1. The minimum absolute atomic E-state index is 0.0501. The van der Waals surface area contributed by atoms with Gasteiger partial charge < -0.3 is 10.1 Å². The van der Waals surface area contributed by atoms with Gasteiger partial charge in [0.2, 0.25) is 5.91 Å². The summed E-state index contributed by atoms with van der Waals surface area (Å²) in [5, 5.41) is 1.62. The molecular formula is C18H25FN2O4S2. The van der Waals surface area contributed by atoms with Crippen LogP contribution >= 0.6 is 11.8 Å². The predicted molar refractivity (Wildman–Crippen MR) is 103 cm³/mol. The van der Waals surface area contributed by atoms with Crippen LogP contribution in [0.1, 0.15) is 13.3 Å². The number of nitrogens with zero attached hydrogens (tertiary/aromatic N) is 1. The van der Waals surface area contributed by atoms with Crippen LogP contribution in [0.2, 0.25) is 0 Å². The van der Waals surface area contributed by atoms with Crippen molar-refractivity contribution in [3.63, 3.8) is 0 Å². The number of carbonyl (C=O) groups is 1. The van der Waals surface area contributed by atoms with Crippen LogP contribution in [-0.2, 0) is 19.4 Å². The highest BCUT2D eigenvalue weighted by Crippen LogP contribution is 2.33. The summed E-state index contributed by atoms with van der Waals surface area (Å²) in [5.41, 5.74) is -0.149. The fourth-order valence-electron chi connectivity index (χ4n) is 3.50. The Balaban J connectivity index is 1.67. The summed E-state index contributed by atoms with van der Waals surface area (Å²) in [7, 11) is -3.86. The highest BCUT2D eigenvalue weighted by molar-refractivity contribution is 7.99. The average molecular weight is 417 g/mol. The number of carbonyl (C=O) groups excluding carboxylic acids is 1. The monoisotopic (exact) mass is 416 g/mol. The van der Waals surface area contributed by atoms with E-state index in [-0.39, 0.29) is 10.4 Å². The van der Waals surface area contributed by atoms with Gasteiger partial charge in [-0.15, -0.1) is 0 Å². The second-order valence-electron chi connectivity index (χ2n) is 6.99. The summed E-state index contributed by atoms with van der Waals surface area (Å²) in [6.07, 6.45) is 0.955. The Hall–Kier alpha value is -1.16. The van der Waals surface area contributed by atoms with E-state index in [9.17, 15) is 17.6 Å². The predicted octanol–water partition coefficient (Wildman–Crippen LogP) is 1.31. The molecule has 2 atom stereocenters. The fourth-order valence-corrected chi connectivity index (χ4v) is 6.27. The van der Waals surface area contributed by atoms with Gasteiger partial charge in [0.05, 0.1) is 18.1 Å². The maximum atomic E-state index is 13.1. The average Bonchev–Trinajstić information content (AvgIpc) is 3.17. The molecule has 150 valence electrons. The minimum atomic E-state index is -3.86. The SMILES string of the molecule is CC(C(=O)NCC1(N2CCOCC2)CCSC1)S(=O)(=O)c1ccc(F)cc1. The van der Waals surface area contributed by atoms with Crippen molar-refractivity contribution in [2.75, 3.05) is 44.4 Å². The number of sulfone groups is 1. The zero-order chi connectivity index (χ0) is 19.5. The van der Waals surface area contributed by atoms with E-state index in [0.29, 0.717) is 19.8 Å². The van der Waals surface area contributed by atoms with Crippen molar-refractivity contribution in [2.45, 2.75) is 29.0 Å². The molecule has 0 aliphatic carbocycles. The number of ether oxygens (including phenoxy) is 1. The van der Waals surface area contributed by atoms with Gasteiger partial charge >= 0.3 is 0 Å². The first-order valence-electron chi connectivity index (χ1n) is 9.03. The van der Waals surface area contributed by atoms with Crippen LogP contribution in [0, 0.1) is 5.82 Å². The van der Waals surface area contributed by atoms with Crippen LogP contribution < -0.4 is 5.32 Å². The smallest absolute Gasteiger partial charge is 0.238 e. The molecule has 2 unspecified atom stereocenters. The molecule has 1 aromatic carbocycles. The Morgan fingerprint density at radius 2 is 2.00 bits per heavy atom. The van der Waals surface area contributed by atoms with Crippen LogP contribution in [0.15, 0.2) is 29.2 Å². The number of amides is 1. The topological polar surface area (TPSA) is 75.7 Å². The molecule has 0 saturated carbocycles. The third-order valence-corrected chi connectivity index (χ3v) is 8.64. The molecule has 3 rings (SSSR count). The second-order valence-corrected chi connectivity index (χ2v) is 10.4. The molecule has 9 heteroatoms. The van der Waals surface area contributed by atoms with Crippen molar-refractivity contribution in [3.8, 4) is 0 Å². The first-order chi connectivity index (χ1) is 12.8. The Bertz CT molecular complexity index is 758. The summed E-state index contributed by atoms with van der Waals surface area (Å²) in [6.45, 7) is 4.78. The highest BCUT2D eigenvalue weighted by atomic mass is 32.2. The van der Waals surface area contributed by atoms with Crippen LogP contribution in [0.25, 0.3) is 0 Å². The van der Waals surface area contributed by atoms with E-state index in [4.69, 9.17) is 4.74 Å². The van der Waals surface area contributed by atoms with Crippen molar-refractivity contribution >= 4 is 27.5 Å². The molecular weight excluding hydrogens is 391 g/mol. The first kappa shape index (κ1) is 20.6. The number of hydrogen-bond donors (Lipinski definition) is 1. The lowest BCUT2D eigenvalue weighted by atomic mass is 9.95. The molecule has 6 nitrogen and oxygen atoms in total. The quantitative estimate of drug-likeness (QED) is 0.705. The van der Waals surface area contributed by atoms with Crippen molar-refractivity contribution in [3.05, 3.63) is 30.1 Å². The molecule has 1 N–H and O–H groups in total. The Morgan fingerprint density at radius 1 is 1.33 bits per heavy atom. The molecule has 1 amide bonds. The van der Waals surface area contributed by atoms with Crippen LogP contribution in [0.3, 0.4) is 0 Å². The molecule has 2 aliphatic rings. The molecule has 1 aromatic rings. The molecule has 27 heavy (non-hydrogen) atoms. The Morgan fingerprint density at radius 3 is 2.59 bits per heavy atom. The number of thioether (sulfide) groups is 1. The van der Waals surface area contributed by atoms with E-state index in [1.54, 1.807) is 0 Å². The summed E-state index contributed by atoms with van der Waals surface area (Å²) < 4.78 is 43.8. The molecule has 2 aliphatic heterocycles. The molecule has 0 radical (unpaired) electrons. The van der Waals surface area contributed by atoms with E-state index in [0.717, 1.165) is 43.1 Å². The van der Waals surface area contributed by atoms with Gasteiger partial charge in [-0.05, 0) is 43.4 Å². The summed E-state index contributed by atoms with van der Waals surface area (Å²) >= 11 is 1.85.